The van der Waals surface area contributed by atoms with Crippen LogP contribution in [0.3, 0.4) is 0 Å². The van der Waals surface area contributed by atoms with Gasteiger partial charge in [-0.2, -0.15) is 0 Å². The van der Waals surface area contributed by atoms with Gasteiger partial charge >= 0.3 is 0 Å². The fraction of sp³-hybridized carbons (Fsp3) is 0.455. The Kier molecular flexibility index (Phi) is 5.85. The highest BCUT2D eigenvalue weighted by atomic mass is 16.2. The smallest absolute Gasteiger partial charge is 0.261 e. The number of nitrogens with zero attached hydrogens (tertiary/aromatic N) is 1. The van der Waals surface area contributed by atoms with E-state index < -0.39 is 0 Å². The van der Waals surface area contributed by atoms with Crippen molar-refractivity contribution in [3.63, 3.8) is 0 Å². The van der Waals surface area contributed by atoms with Gasteiger partial charge in [0.1, 0.15) is 0 Å². The molecule has 2 amide bonds. The second-order valence-corrected chi connectivity index (χ2v) is 6.95. The summed E-state index contributed by atoms with van der Waals surface area (Å²) in [6, 6.07) is 11.4. The van der Waals surface area contributed by atoms with Gasteiger partial charge in [-0.25, -0.2) is 0 Å². The maximum absolute atomic E-state index is 12.8. The molecular formula is C22H27NO2. The molecule has 2 aromatic carbocycles. The summed E-state index contributed by atoms with van der Waals surface area (Å²) in [4.78, 5) is 27.0. The minimum atomic E-state index is -0.141. The number of carbonyl (C=O) groups excluding carboxylic acids is 2. The zero-order valence-electron chi connectivity index (χ0n) is 15.1. The number of hydrogen-bond donors (Lipinski definition) is 0. The van der Waals surface area contributed by atoms with Gasteiger partial charge in [0.2, 0.25) is 0 Å². The van der Waals surface area contributed by atoms with Gasteiger partial charge in [0.15, 0.2) is 0 Å². The molecule has 3 nitrogen and oxygen atoms in total. The monoisotopic (exact) mass is 337 g/mol. The molecule has 3 heteroatoms. The van der Waals surface area contributed by atoms with Gasteiger partial charge in [-0.1, -0.05) is 76.1 Å². The number of benzene rings is 2. The Hall–Kier alpha value is -2.16. The van der Waals surface area contributed by atoms with Crippen LogP contribution in [-0.2, 0) is 0 Å². The number of imide groups is 1. The molecule has 0 unspecified atom stereocenters. The minimum Gasteiger partial charge on any atom is -0.274 e. The molecule has 0 N–H and O–H groups in total. The second kappa shape index (κ2) is 8.28. The van der Waals surface area contributed by atoms with Crippen molar-refractivity contribution in [3.8, 4) is 0 Å². The van der Waals surface area contributed by atoms with Gasteiger partial charge in [-0.05, 0) is 23.9 Å². The van der Waals surface area contributed by atoms with Crippen LogP contribution < -0.4 is 0 Å². The van der Waals surface area contributed by atoms with Crippen molar-refractivity contribution in [3.05, 3.63) is 47.5 Å². The van der Waals surface area contributed by atoms with E-state index in [9.17, 15) is 9.59 Å². The van der Waals surface area contributed by atoms with E-state index in [4.69, 9.17) is 0 Å². The molecule has 2 aromatic rings. The number of amides is 2. The van der Waals surface area contributed by atoms with E-state index in [0.717, 1.165) is 23.6 Å². The van der Waals surface area contributed by atoms with Gasteiger partial charge in [-0.15, -0.1) is 0 Å². The molecule has 1 heterocycles. The molecule has 0 atom stereocenters. The molecule has 1 aliphatic rings. The molecule has 0 spiro atoms. The van der Waals surface area contributed by atoms with Crippen LogP contribution in [0, 0.1) is 0 Å². The van der Waals surface area contributed by atoms with Crippen LogP contribution in [0.25, 0.3) is 10.8 Å². The second-order valence-electron chi connectivity index (χ2n) is 6.95. The third-order valence-corrected chi connectivity index (χ3v) is 5.09. The molecule has 0 aromatic heterocycles. The van der Waals surface area contributed by atoms with E-state index in [-0.39, 0.29) is 11.8 Å². The van der Waals surface area contributed by atoms with Gasteiger partial charge in [0.25, 0.3) is 11.8 Å². The lowest BCUT2D eigenvalue weighted by Crippen LogP contribution is -2.40. The summed E-state index contributed by atoms with van der Waals surface area (Å²) in [7, 11) is 0. The van der Waals surface area contributed by atoms with Gasteiger partial charge < -0.3 is 0 Å². The Morgan fingerprint density at radius 1 is 0.720 bits per heavy atom. The fourth-order valence-corrected chi connectivity index (χ4v) is 3.69. The van der Waals surface area contributed by atoms with E-state index in [1.807, 2.05) is 36.4 Å². The fourth-order valence-electron chi connectivity index (χ4n) is 3.69. The zero-order chi connectivity index (χ0) is 17.6. The molecular weight excluding hydrogens is 310 g/mol. The molecule has 1 aliphatic heterocycles. The third kappa shape index (κ3) is 3.76. The van der Waals surface area contributed by atoms with Gasteiger partial charge in [-0.3, -0.25) is 14.5 Å². The zero-order valence-corrected chi connectivity index (χ0v) is 15.1. The lowest BCUT2D eigenvalue weighted by Gasteiger charge is -2.27. The molecule has 0 bridgehead atoms. The van der Waals surface area contributed by atoms with E-state index in [1.165, 1.54) is 43.4 Å². The van der Waals surface area contributed by atoms with Crippen LogP contribution in [0.5, 0.6) is 0 Å². The van der Waals surface area contributed by atoms with E-state index >= 15 is 0 Å². The Morgan fingerprint density at radius 2 is 1.24 bits per heavy atom. The Labute approximate surface area is 150 Å². The average Bonchev–Trinajstić information content (AvgIpc) is 2.64. The first-order valence-corrected chi connectivity index (χ1v) is 9.62. The molecule has 3 rings (SSSR count). The van der Waals surface area contributed by atoms with Crippen LogP contribution in [0.1, 0.15) is 79.0 Å². The van der Waals surface area contributed by atoms with Crippen LogP contribution in [-0.4, -0.2) is 23.3 Å². The topological polar surface area (TPSA) is 37.4 Å². The summed E-state index contributed by atoms with van der Waals surface area (Å²) in [5.74, 6) is -0.283. The van der Waals surface area contributed by atoms with Crippen molar-refractivity contribution >= 4 is 22.6 Å². The Morgan fingerprint density at radius 3 is 1.80 bits per heavy atom. The van der Waals surface area contributed by atoms with Crippen molar-refractivity contribution in [1.82, 2.24) is 4.90 Å². The normalized spacial score (nSPS) is 13.7. The van der Waals surface area contributed by atoms with Crippen LogP contribution >= 0.6 is 0 Å². The summed E-state index contributed by atoms with van der Waals surface area (Å²) >= 11 is 0. The summed E-state index contributed by atoms with van der Waals surface area (Å²) < 4.78 is 0. The molecule has 0 radical (unpaired) electrons. The SMILES string of the molecule is CCCCCCCCCCN1C(=O)c2cccc3cccc(c23)C1=O. The van der Waals surface area contributed by atoms with E-state index in [1.54, 1.807) is 0 Å². The summed E-state index contributed by atoms with van der Waals surface area (Å²) in [6.07, 6.45) is 9.62. The standard InChI is InChI=1S/C22H27NO2/c1-2-3-4-5-6-7-8-9-16-23-21(24)18-14-10-12-17-13-11-15-19(20(17)18)22(23)25/h10-15H,2-9,16H2,1H3. The van der Waals surface area contributed by atoms with Crippen molar-refractivity contribution in [2.75, 3.05) is 6.54 Å². The Bertz CT molecular complexity index is 715. The van der Waals surface area contributed by atoms with E-state index in [0.29, 0.717) is 17.7 Å². The first-order valence-electron chi connectivity index (χ1n) is 9.62. The predicted octanol–water partition coefficient (Wildman–Crippen LogP) is 5.58. The predicted molar refractivity (Wildman–Crippen MR) is 102 cm³/mol. The quantitative estimate of drug-likeness (QED) is 0.443. The van der Waals surface area contributed by atoms with Crippen molar-refractivity contribution in [2.24, 2.45) is 0 Å². The highest BCUT2D eigenvalue weighted by molar-refractivity contribution is 6.25. The molecule has 0 saturated heterocycles. The van der Waals surface area contributed by atoms with Crippen molar-refractivity contribution < 1.29 is 9.59 Å². The lowest BCUT2D eigenvalue weighted by molar-refractivity contribution is 0.0607. The number of carbonyl (C=O) groups is 2. The van der Waals surface area contributed by atoms with Gasteiger partial charge in [0, 0.05) is 23.1 Å². The highest BCUT2D eigenvalue weighted by Crippen LogP contribution is 2.30. The first kappa shape index (κ1) is 17.7. The van der Waals surface area contributed by atoms with E-state index in [2.05, 4.69) is 6.92 Å². The average molecular weight is 337 g/mol. The third-order valence-electron chi connectivity index (χ3n) is 5.09. The maximum Gasteiger partial charge on any atom is 0.261 e. The summed E-state index contributed by atoms with van der Waals surface area (Å²) in [6.45, 7) is 2.75. The molecule has 0 fully saturated rings. The number of unbranched alkanes of at least 4 members (excludes halogenated alkanes) is 7. The largest absolute Gasteiger partial charge is 0.274 e. The summed E-state index contributed by atoms with van der Waals surface area (Å²) in [5, 5.41) is 1.77. The minimum absolute atomic E-state index is 0.141. The van der Waals surface area contributed by atoms with Crippen LogP contribution in [0.4, 0.5) is 0 Å². The van der Waals surface area contributed by atoms with Crippen molar-refractivity contribution in [2.45, 2.75) is 58.3 Å². The van der Waals surface area contributed by atoms with Crippen LogP contribution in [0.2, 0.25) is 0 Å². The molecule has 25 heavy (non-hydrogen) atoms. The molecule has 0 saturated carbocycles. The number of rotatable bonds is 9. The number of hydrogen-bond acceptors (Lipinski definition) is 2. The molecule has 0 aliphatic carbocycles. The first-order chi connectivity index (χ1) is 12.2. The van der Waals surface area contributed by atoms with Crippen molar-refractivity contribution in [1.29, 1.82) is 0 Å². The van der Waals surface area contributed by atoms with Crippen LogP contribution in [0.15, 0.2) is 36.4 Å². The summed E-state index contributed by atoms with van der Waals surface area (Å²) in [5.41, 5.74) is 1.32. The van der Waals surface area contributed by atoms with Gasteiger partial charge in [0.05, 0.1) is 0 Å². The Balaban J connectivity index is 1.59. The highest BCUT2D eigenvalue weighted by Gasteiger charge is 2.31. The molecule has 132 valence electrons. The lowest BCUT2D eigenvalue weighted by atomic mass is 9.94. The maximum atomic E-state index is 12.8.